The number of hydrogen-bond acceptors (Lipinski definition) is 6. The van der Waals surface area contributed by atoms with Gasteiger partial charge in [-0.2, -0.15) is 10.2 Å². The summed E-state index contributed by atoms with van der Waals surface area (Å²) < 4.78 is -0.127. The van der Waals surface area contributed by atoms with Gasteiger partial charge in [-0.1, -0.05) is 53.2 Å². The van der Waals surface area contributed by atoms with Gasteiger partial charge in [0.25, 0.3) is 0 Å². The van der Waals surface area contributed by atoms with Gasteiger partial charge >= 0.3 is 6.03 Å². The first kappa shape index (κ1) is 21.4. The Balaban J connectivity index is 1.81. The number of nitrogens with one attached hydrogen (secondary N) is 1. The van der Waals surface area contributed by atoms with Crippen LogP contribution < -0.4 is 5.32 Å². The predicted octanol–water partition coefficient (Wildman–Crippen LogP) is 5.75. The van der Waals surface area contributed by atoms with Crippen LogP contribution in [0.4, 0.5) is 10.5 Å². The molecular formula is C17H16Cl2N4O2S3. The fraction of sp³-hybridized carbons (Fsp3) is 0.235. The van der Waals surface area contributed by atoms with Crippen molar-refractivity contribution in [2.75, 3.05) is 5.32 Å². The molecule has 0 radical (unpaired) electrons. The van der Waals surface area contributed by atoms with Gasteiger partial charge in [0.2, 0.25) is 0 Å². The number of rotatable bonds is 4. The molecule has 2 N–H and O–H groups in total. The van der Waals surface area contributed by atoms with Crippen LogP contribution in [0.5, 0.6) is 0 Å². The molecule has 1 aliphatic heterocycles. The average molecular weight is 475 g/mol. The van der Waals surface area contributed by atoms with Crippen molar-refractivity contribution in [2.24, 2.45) is 5.10 Å². The van der Waals surface area contributed by atoms with Crippen LogP contribution in [0.3, 0.4) is 0 Å². The van der Waals surface area contributed by atoms with Crippen molar-refractivity contribution in [1.29, 1.82) is 0 Å². The smallest absolute Gasteiger partial charge is 0.306 e. The molecule has 2 heterocycles. The molecule has 1 unspecified atom stereocenters. The summed E-state index contributed by atoms with van der Waals surface area (Å²) >= 11 is 20.2. The van der Waals surface area contributed by atoms with Gasteiger partial charge in [-0.15, -0.1) is 11.3 Å². The fourth-order valence-electron chi connectivity index (χ4n) is 2.58. The highest BCUT2D eigenvalue weighted by molar-refractivity contribution is 8.24. The van der Waals surface area contributed by atoms with E-state index in [1.165, 1.54) is 34.2 Å². The maximum Gasteiger partial charge on any atom is 0.347 e. The molecule has 1 atom stereocenters. The molecule has 1 fully saturated rings. The Hall–Kier alpha value is -1.36. The van der Waals surface area contributed by atoms with E-state index in [0.29, 0.717) is 25.1 Å². The van der Waals surface area contributed by atoms with Crippen LogP contribution >= 0.6 is 58.5 Å². The first-order chi connectivity index (χ1) is 13.2. The second kappa shape index (κ2) is 8.56. The third-order valence-electron chi connectivity index (χ3n) is 3.85. The minimum Gasteiger partial charge on any atom is -0.306 e. The number of nitrogens with zero attached hydrogens (tertiary/aromatic N) is 3. The summed E-state index contributed by atoms with van der Waals surface area (Å²) in [6.07, 6.45) is 0.848. The van der Waals surface area contributed by atoms with E-state index in [0.717, 1.165) is 4.88 Å². The molecule has 1 aliphatic rings. The molecule has 1 aromatic carbocycles. The summed E-state index contributed by atoms with van der Waals surface area (Å²) in [4.78, 5) is 13.6. The first-order valence-electron chi connectivity index (χ1n) is 8.03. The summed E-state index contributed by atoms with van der Waals surface area (Å²) in [5, 5.41) is 22.3. The summed E-state index contributed by atoms with van der Waals surface area (Å²) in [5.41, 5.74) is 0.401. The minimum atomic E-state index is -0.802. The molecule has 2 aromatic rings. The Kier molecular flexibility index (Phi) is 6.53. The number of anilines is 1. The van der Waals surface area contributed by atoms with Gasteiger partial charge in [-0.3, -0.25) is 5.21 Å². The number of hydrazone groups is 1. The predicted molar refractivity (Wildman–Crippen MR) is 121 cm³/mol. The zero-order valence-corrected chi connectivity index (χ0v) is 18.8. The molecule has 0 bridgehead atoms. The molecule has 148 valence electrons. The van der Waals surface area contributed by atoms with E-state index in [1.807, 2.05) is 31.4 Å². The monoisotopic (exact) mass is 474 g/mol. The number of hydrogen-bond donors (Lipinski definition) is 2. The number of halogens is 2. The minimum absolute atomic E-state index is 0.295. The van der Waals surface area contributed by atoms with Gasteiger partial charge in [0.15, 0.2) is 10.5 Å². The molecule has 11 heteroatoms. The Morgan fingerprint density at radius 3 is 2.79 bits per heavy atom. The standard InChI is InChI=1S/C17H16Cl2N4O2S3/c1-17(2)14(22(16(26)28-17)20-9-11-4-3-7-27-11)23(25)15(24)21-10-5-6-12(18)13(19)8-10/h3-9,14,25H,1-2H3,(H,21,24). The van der Waals surface area contributed by atoms with E-state index in [2.05, 4.69) is 10.4 Å². The number of carbonyl (C=O) groups excluding carboxylic acids is 1. The lowest BCUT2D eigenvalue weighted by Gasteiger charge is -2.34. The third kappa shape index (κ3) is 4.61. The van der Waals surface area contributed by atoms with Gasteiger partial charge in [0, 0.05) is 10.6 Å². The average Bonchev–Trinajstić information content (AvgIpc) is 3.21. The van der Waals surface area contributed by atoms with E-state index in [1.54, 1.807) is 18.3 Å². The van der Waals surface area contributed by atoms with Crippen molar-refractivity contribution in [3.8, 4) is 0 Å². The van der Waals surface area contributed by atoms with Gasteiger partial charge in [0.05, 0.1) is 21.0 Å². The van der Waals surface area contributed by atoms with Gasteiger partial charge in [0.1, 0.15) is 0 Å². The molecule has 6 nitrogen and oxygen atoms in total. The number of hydroxylamine groups is 2. The van der Waals surface area contributed by atoms with Gasteiger partial charge < -0.3 is 5.32 Å². The van der Waals surface area contributed by atoms with E-state index < -0.39 is 16.9 Å². The van der Waals surface area contributed by atoms with Crippen LogP contribution in [0.25, 0.3) is 0 Å². The van der Waals surface area contributed by atoms with Crippen molar-refractivity contribution < 1.29 is 10.0 Å². The number of carbonyl (C=O) groups is 1. The Labute approximate surface area is 186 Å². The van der Waals surface area contributed by atoms with Crippen LogP contribution in [0.2, 0.25) is 10.0 Å². The molecular weight excluding hydrogens is 459 g/mol. The lowest BCUT2D eigenvalue weighted by molar-refractivity contribution is -0.114. The second-order valence-corrected chi connectivity index (χ2v) is 10.4. The molecule has 1 saturated heterocycles. The lowest BCUT2D eigenvalue weighted by atomic mass is 10.1. The van der Waals surface area contributed by atoms with E-state index in [4.69, 9.17) is 35.4 Å². The Morgan fingerprint density at radius 2 is 2.14 bits per heavy atom. The van der Waals surface area contributed by atoms with Crippen LogP contribution in [0.1, 0.15) is 18.7 Å². The van der Waals surface area contributed by atoms with Crippen LogP contribution in [0.15, 0.2) is 40.8 Å². The van der Waals surface area contributed by atoms with Crippen molar-refractivity contribution >= 4 is 80.8 Å². The second-order valence-electron chi connectivity index (χ2n) is 6.35. The fourth-order valence-corrected chi connectivity index (χ4v) is 5.24. The zero-order valence-electron chi connectivity index (χ0n) is 14.8. The van der Waals surface area contributed by atoms with Crippen molar-refractivity contribution in [3.05, 3.63) is 50.6 Å². The number of urea groups is 1. The lowest BCUT2D eigenvalue weighted by Crippen LogP contribution is -2.54. The molecule has 0 saturated carbocycles. The normalized spacial score (nSPS) is 18.7. The molecule has 2 amide bonds. The van der Waals surface area contributed by atoms with E-state index >= 15 is 0 Å². The quantitative estimate of drug-likeness (QED) is 0.255. The summed E-state index contributed by atoms with van der Waals surface area (Å²) in [5.74, 6) is 0. The molecule has 3 rings (SSSR count). The molecule has 1 aromatic heterocycles. The van der Waals surface area contributed by atoms with Crippen LogP contribution in [0, 0.1) is 0 Å². The van der Waals surface area contributed by atoms with Gasteiger partial charge in [-0.25, -0.2) is 9.80 Å². The number of thioether (sulfide) groups is 1. The summed E-state index contributed by atoms with van der Waals surface area (Å²) in [7, 11) is 0. The van der Waals surface area contributed by atoms with Crippen molar-refractivity contribution in [3.63, 3.8) is 0 Å². The Morgan fingerprint density at radius 1 is 1.39 bits per heavy atom. The highest BCUT2D eigenvalue weighted by Gasteiger charge is 2.50. The number of amides is 2. The Bertz CT molecular complexity index is 921. The topological polar surface area (TPSA) is 68.2 Å². The number of thiocarbonyl (C=S) groups is 1. The zero-order chi connectivity index (χ0) is 20.5. The molecule has 0 spiro atoms. The van der Waals surface area contributed by atoms with Crippen molar-refractivity contribution in [2.45, 2.75) is 24.8 Å². The molecule has 28 heavy (non-hydrogen) atoms. The highest BCUT2D eigenvalue weighted by atomic mass is 35.5. The summed E-state index contributed by atoms with van der Waals surface area (Å²) in [6, 6.07) is 7.73. The maximum atomic E-state index is 12.6. The molecule has 0 aliphatic carbocycles. The highest BCUT2D eigenvalue weighted by Crippen LogP contribution is 2.42. The number of benzene rings is 1. The summed E-state index contributed by atoms with van der Waals surface area (Å²) in [6.45, 7) is 3.76. The van der Waals surface area contributed by atoms with Crippen LogP contribution in [-0.4, -0.2) is 42.8 Å². The van der Waals surface area contributed by atoms with Crippen molar-refractivity contribution in [1.82, 2.24) is 10.1 Å². The number of thiophene rings is 1. The largest absolute Gasteiger partial charge is 0.347 e. The van der Waals surface area contributed by atoms with E-state index in [-0.39, 0.29) is 0 Å². The third-order valence-corrected chi connectivity index (χ3v) is 6.94. The maximum absolute atomic E-state index is 12.6. The van der Waals surface area contributed by atoms with E-state index in [9.17, 15) is 10.0 Å². The first-order valence-corrected chi connectivity index (χ1v) is 10.9. The van der Waals surface area contributed by atoms with Crippen LogP contribution in [-0.2, 0) is 0 Å². The van der Waals surface area contributed by atoms with Gasteiger partial charge in [-0.05, 0) is 43.5 Å². The SMILES string of the molecule is CC1(C)SC(=S)N(N=Cc2cccs2)C1N(O)C(=O)Nc1ccc(Cl)c(Cl)c1.